The Labute approximate surface area is 145 Å². The SMILES string of the molecule is CCCCCCC1=NC2=C(CC=C1)C(=O)CC(c1ccccc1)C2. The van der Waals surface area contributed by atoms with Crippen LogP contribution in [-0.4, -0.2) is 11.5 Å². The third-order valence-electron chi connectivity index (χ3n) is 5.02. The lowest BCUT2D eigenvalue weighted by Crippen LogP contribution is -2.17. The van der Waals surface area contributed by atoms with Crippen molar-refractivity contribution in [2.24, 2.45) is 4.99 Å². The first kappa shape index (κ1) is 16.9. The van der Waals surface area contributed by atoms with Crippen LogP contribution in [0.4, 0.5) is 0 Å². The van der Waals surface area contributed by atoms with Gasteiger partial charge in [0.2, 0.25) is 0 Å². The number of hydrogen-bond acceptors (Lipinski definition) is 2. The summed E-state index contributed by atoms with van der Waals surface area (Å²) in [4.78, 5) is 17.5. The largest absolute Gasteiger partial charge is 0.294 e. The van der Waals surface area contributed by atoms with E-state index in [1.807, 2.05) is 6.07 Å². The Morgan fingerprint density at radius 2 is 1.92 bits per heavy atom. The average Bonchev–Trinajstić information content (AvgIpc) is 2.82. The second-order valence-electron chi connectivity index (χ2n) is 6.88. The number of aliphatic imine (C=N–C) groups is 1. The van der Waals surface area contributed by atoms with Crippen molar-refractivity contribution in [2.45, 2.75) is 64.2 Å². The molecule has 1 atom stereocenters. The lowest BCUT2D eigenvalue weighted by molar-refractivity contribution is -0.116. The van der Waals surface area contributed by atoms with Crippen molar-refractivity contribution in [3.05, 3.63) is 59.3 Å². The number of rotatable bonds is 6. The molecule has 1 unspecified atom stereocenters. The summed E-state index contributed by atoms with van der Waals surface area (Å²) in [5.74, 6) is 0.561. The van der Waals surface area contributed by atoms with Gasteiger partial charge in [-0.3, -0.25) is 9.79 Å². The van der Waals surface area contributed by atoms with E-state index in [2.05, 4.69) is 43.3 Å². The van der Waals surface area contributed by atoms with Crippen LogP contribution in [-0.2, 0) is 4.79 Å². The number of benzene rings is 1. The van der Waals surface area contributed by atoms with Gasteiger partial charge in [-0.15, -0.1) is 0 Å². The Balaban J connectivity index is 1.76. The summed E-state index contributed by atoms with van der Waals surface area (Å²) in [6.07, 6.45) is 12.6. The molecule has 0 radical (unpaired) electrons. The minimum Gasteiger partial charge on any atom is -0.294 e. The molecule has 0 amide bonds. The van der Waals surface area contributed by atoms with E-state index in [9.17, 15) is 4.79 Å². The van der Waals surface area contributed by atoms with E-state index in [1.165, 1.54) is 31.2 Å². The van der Waals surface area contributed by atoms with Crippen LogP contribution in [0.5, 0.6) is 0 Å². The predicted octanol–water partition coefficient (Wildman–Crippen LogP) is 5.76. The van der Waals surface area contributed by atoms with E-state index >= 15 is 0 Å². The highest BCUT2D eigenvalue weighted by molar-refractivity contribution is 6.01. The number of allylic oxidation sites excluding steroid dienone is 4. The van der Waals surface area contributed by atoms with E-state index in [-0.39, 0.29) is 11.7 Å². The maximum Gasteiger partial charge on any atom is 0.161 e. The fourth-order valence-corrected chi connectivity index (χ4v) is 3.64. The Morgan fingerprint density at radius 1 is 1.08 bits per heavy atom. The number of carbonyl (C=O) groups excluding carboxylic acids is 1. The van der Waals surface area contributed by atoms with Gasteiger partial charge < -0.3 is 0 Å². The lowest BCUT2D eigenvalue weighted by atomic mass is 9.81. The predicted molar refractivity (Wildman–Crippen MR) is 100 cm³/mol. The van der Waals surface area contributed by atoms with Crippen molar-refractivity contribution < 1.29 is 4.79 Å². The summed E-state index contributed by atoms with van der Waals surface area (Å²) in [6.45, 7) is 2.23. The molecule has 24 heavy (non-hydrogen) atoms. The van der Waals surface area contributed by atoms with Gasteiger partial charge in [-0.2, -0.15) is 0 Å². The molecule has 0 spiro atoms. The molecule has 0 N–H and O–H groups in total. The Bertz CT molecular complexity index is 666. The Morgan fingerprint density at radius 3 is 2.71 bits per heavy atom. The van der Waals surface area contributed by atoms with Crippen LogP contribution >= 0.6 is 0 Å². The van der Waals surface area contributed by atoms with Gasteiger partial charge >= 0.3 is 0 Å². The molecule has 2 nitrogen and oxygen atoms in total. The van der Waals surface area contributed by atoms with Gasteiger partial charge in [0.15, 0.2) is 5.78 Å². The molecule has 0 fully saturated rings. The summed E-state index contributed by atoms with van der Waals surface area (Å²) < 4.78 is 0. The van der Waals surface area contributed by atoms with E-state index in [4.69, 9.17) is 4.99 Å². The van der Waals surface area contributed by atoms with Crippen molar-refractivity contribution in [2.75, 3.05) is 0 Å². The number of ketones is 1. The second kappa shape index (κ2) is 8.23. The Hall–Kier alpha value is -1.96. The van der Waals surface area contributed by atoms with Crippen molar-refractivity contribution >= 4 is 11.5 Å². The summed E-state index contributed by atoms with van der Waals surface area (Å²) in [7, 11) is 0. The van der Waals surface area contributed by atoms with Crippen LogP contribution in [0.1, 0.15) is 69.8 Å². The summed E-state index contributed by atoms with van der Waals surface area (Å²) in [5, 5.41) is 0. The fraction of sp³-hybridized carbons (Fsp3) is 0.455. The molecule has 0 aromatic heterocycles. The first-order valence-corrected chi connectivity index (χ1v) is 9.32. The van der Waals surface area contributed by atoms with E-state index < -0.39 is 0 Å². The highest BCUT2D eigenvalue weighted by Gasteiger charge is 2.28. The molecule has 0 saturated carbocycles. The molecule has 126 valence electrons. The molecular weight excluding hydrogens is 294 g/mol. The standard InChI is InChI=1S/C22H27NO/c1-2-3-4-8-12-19-13-9-14-20-21(23-19)15-18(16-22(20)24)17-10-6-5-7-11-17/h5-7,9-11,13,18H,2-4,8,12,14-16H2,1H3. The van der Waals surface area contributed by atoms with Gasteiger partial charge in [0.1, 0.15) is 0 Å². The number of Topliss-reactive ketones (excluding diaryl/α,β-unsaturated/α-hetero) is 1. The van der Waals surface area contributed by atoms with E-state index in [0.717, 1.165) is 36.2 Å². The second-order valence-corrected chi connectivity index (χ2v) is 6.88. The molecule has 1 aromatic carbocycles. The fourth-order valence-electron chi connectivity index (χ4n) is 3.64. The molecule has 1 aliphatic carbocycles. The van der Waals surface area contributed by atoms with Crippen LogP contribution in [0, 0.1) is 0 Å². The third kappa shape index (κ3) is 4.11. The third-order valence-corrected chi connectivity index (χ3v) is 5.02. The van der Waals surface area contributed by atoms with Gasteiger partial charge in [-0.25, -0.2) is 0 Å². The molecular formula is C22H27NO. The van der Waals surface area contributed by atoms with Gasteiger partial charge in [0.05, 0.1) is 0 Å². The van der Waals surface area contributed by atoms with Crippen LogP contribution in [0.3, 0.4) is 0 Å². The molecule has 1 aromatic rings. The molecule has 3 rings (SSSR count). The molecule has 2 aliphatic rings. The highest BCUT2D eigenvalue weighted by Crippen LogP contribution is 2.37. The summed E-state index contributed by atoms with van der Waals surface area (Å²) in [6, 6.07) is 10.4. The van der Waals surface area contributed by atoms with Crippen molar-refractivity contribution in [3.63, 3.8) is 0 Å². The summed E-state index contributed by atoms with van der Waals surface area (Å²) in [5.41, 5.74) is 4.39. The number of carbonyl (C=O) groups is 1. The maximum atomic E-state index is 12.6. The van der Waals surface area contributed by atoms with Crippen LogP contribution in [0.25, 0.3) is 0 Å². The molecule has 0 bridgehead atoms. The molecule has 1 aliphatic heterocycles. The topological polar surface area (TPSA) is 29.4 Å². The monoisotopic (exact) mass is 321 g/mol. The summed E-state index contributed by atoms with van der Waals surface area (Å²) >= 11 is 0. The number of nitrogens with zero attached hydrogens (tertiary/aromatic N) is 1. The first-order valence-electron chi connectivity index (χ1n) is 9.32. The van der Waals surface area contributed by atoms with Gasteiger partial charge in [-0.1, -0.05) is 62.6 Å². The molecule has 1 heterocycles. The van der Waals surface area contributed by atoms with Gasteiger partial charge in [0.25, 0.3) is 0 Å². The lowest BCUT2D eigenvalue weighted by Gasteiger charge is -2.24. The average molecular weight is 321 g/mol. The minimum atomic E-state index is 0.278. The zero-order valence-corrected chi connectivity index (χ0v) is 14.6. The first-order chi connectivity index (χ1) is 11.8. The molecule has 2 heteroatoms. The van der Waals surface area contributed by atoms with E-state index in [0.29, 0.717) is 6.42 Å². The van der Waals surface area contributed by atoms with E-state index in [1.54, 1.807) is 0 Å². The van der Waals surface area contributed by atoms with Crippen molar-refractivity contribution in [1.29, 1.82) is 0 Å². The van der Waals surface area contributed by atoms with Gasteiger partial charge in [0, 0.05) is 23.4 Å². The van der Waals surface area contributed by atoms with Crippen molar-refractivity contribution in [3.8, 4) is 0 Å². The Kier molecular flexibility index (Phi) is 5.79. The minimum absolute atomic E-state index is 0.278. The quantitative estimate of drug-likeness (QED) is 0.613. The van der Waals surface area contributed by atoms with Crippen LogP contribution in [0.15, 0.2) is 58.7 Å². The zero-order valence-electron chi connectivity index (χ0n) is 14.6. The maximum absolute atomic E-state index is 12.6. The van der Waals surface area contributed by atoms with Crippen LogP contribution in [0.2, 0.25) is 0 Å². The zero-order chi connectivity index (χ0) is 16.8. The van der Waals surface area contributed by atoms with Crippen LogP contribution < -0.4 is 0 Å². The smallest absolute Gasteiger partial charge is 0.161 e. The van der Waals surface area contributed by atoms with Crippen molar-refractivity contribution in [1.82, 2.24) is 0 Å². The normalized spacial score (nSPS) is 20.6. The van der Waals surface area contributed by atoms with Gasteiger partial charge in [-0.05, 0) is 43.2 Å². The molecule has 0 saturated heterocycles. The highest BCUT2D eigenvalue weighted by atomic mass is 16.1. The number of hydrogen-bond donors (Lipinski definition) is 0. The number of unbranched alkanes of at least 4 members (excludes halogenated alkanes) is 3.